The summed E-state index contributed by atoms with van der Waals surface area (Å²) in [6.07, 6.45) is 1.72. The Morgan fingerprint density at radius 2 is 1.63 bits per heavy atom. The predicted octanol–water partition coefficient (Wildman–Crippen LogP) is 2.53. The highest BCUT2D eigenvalue weighted by Gasteiger charge is 2.24. The van der Waals surface area contributed by atoms with Crippen LogP contribution in [0.25, 0.3) is 0 Å². The van der Waals surface area contributed by atoms with Crippen molar-refractivity contribution in [3.63, 3.8) is 0 Å². The van der Waals surface area contributed by atoms with Gasteiger partial charge in [-0.05, 0) is 30.3 Å². The predicted molar refractivity (Wildman–Crippen MR) is 107 cm³/mol. The average molecular weight is 387 g/mol. The number of ether oxygens (including phenoxy) is 1. The number of piperazine rings is 1. The molecule has 0 atom stereocenters. The molecule has 0 spiro atoms. The van der Waals surface area contributed by atoms with Crippen LogP contribution in [0.1, 0.15) is 10.5 Å². The second kappa shape index (κ2) is 8.15. The number of hydrogen-bond donors (Lipinski definition) is 0. The molecule has 0 saturated carbocycles. The lowest BCUT2D eigenvalue weighted by atomic mass is 10.2. The van der Waals surface area contributed by atoms with Gasteiger partial charge in [0.05, 0.1) is 13.2 Å². The number of rotatable bonds is 3. The molecule has 2 fully saturated rings. The molecule has 3 heterocycles. The zero-order valence-electron chi connectivity index (χ0n) is 15.2. The standard InChI is InChI=1S/C20H23ClN4O2/c21-16-2-1-3-17(14-16)23-6-8-25(9-7-23)20(26)19-15-18(4-5-22-19)24-10-12-27-13-11-24/h1-5,14-15H,6-13H2. The lowest BCUT2D eigenvalue weighted by Gasteiger charge is -2.36. The number of pyridine rings is 1. The molecule has 1 aromatic carbocycles. The largest absolute Gasteiger partial charge is 0.378 e. The van der Waals surface area contributed by atoms with Crippen LogP contribution in [0.4, 0.5) is 11.4 Å². The van der Waals surface area contributed by atoms with Crippen molar-refractivity contribution in [3.8, 4) is 0 Å². The van der Waals surface area contributed by atoms with Gasteiger partial charge in [-0.3, -0.25) is 9.78 Å². The van der Waals surface area contributed by atoms with Crippen LogP contribution in [0.15, 0.2) is 42.6 Å². The molecular weight excluding hydrogens is 364 g/mol. The molecule has 2 aliphatic heterocycles. The Balaban J connectivity index is 1.40. The lowest BCUT2D eigenvalue weighted by Crippen LogP contribution is -2.49. The summed E-state index contributed by atoms with van der Waals surface area (Å²) in [5.41, 5.74) is 2.64. The topological polar surface area (TPSA) is 48.9 Å². The third kappa shape index (κ3) is 4.17. The molecule has 0 N–H and O–H groups in total. The number of anilines is 2. The Kier molecular flexibility index (Phi) is 5.45. The first-order valence-corrected chi connectivity index (χ1v) is 9.67. The number of amides is 1. The van der Waals surface area contributed by atoms with Gasteiger partial charge in [0.1, 0.15) is 5.69 Å². The van der Waals surface area contributed by atoms with Crippen molar-refractivity contribution < 1.29 is 9.53 Å². The van der Waals surface area contributed by atoms with Gasteiger partial charge in [0, 0.05) is 61.9 Å². The molecule has 2 saturated heterocycles. The van der Waals surface area contributed by atoms with Crippen molar-refractivity contribution in [2.75, 3.05) is 62.3 Å². The van der Waals surface area contributed by atoms with Crippen molar-refractivity contribution in [2.24, 2.45) is 0 Å². The van der Waals surface area contributed by atoms with Gasteiger partial charge in [-0.2, -0.15) is 0 Å². The summed E-state index contributed by atoms with van der Waals surface area (Å²) in [4.78, 5) is 23.6. The second-order valence-corrected chi connectivity index (χ2v) is 7.19. The summed E-state index contributed by atoms with van der Waals surface area (Å²) in [5, 5.41) is 0.732. The molecule has 0 radical (unpaired) electrons. The first-order chi connectivity index (χ1) is 13.2. The van der Waals surface area contributed by atoms with Crippen LogP contribution in [-0.4, -0.2) is 68.3 Å². The van der Waals surface area contributed by atoms with E-state index in [2.05, 4.69) is 20.9 Å². The van der Waals surface area contributed by atoms with E-state index in [1.807, 2.05) is 35.2 Å². The molecule has 2 aromatic rings. The van der Waals surface area contributed by atoms with E-state index in [9.17, 15) is 4.79 Å². The molecule has 1 aromatic heterocycles. The highest BCUT2D eigenvalue weighted by molar-refractivity contribution is 6.30. The molecule has 142 valence electrons. The lowest BCUT2D eigenvalue weighted by molar-refractivity contribution is 0.0741. The highest BCUT2D eigenvalue weighted by Crippen LogP contribution is 2.22. The van der Waals surface area contributed by atoms with E-state index in [1.165, 1.54) is 0 Å². The minimum atomic E-state index is -0.00384. The van der Waals surface area contributed by atoms with E-state index >= 15 is 0 Å². The Bertz CT molecular complexity index is 802. The van der Waals surface area contributed by atoms with Crippen molar-refractivity contribution in [1.82, 2.24) is 9.88 Å². The maximum atomic E-state index is 12.9. The van der Waals surface area contributed by atoms with Gasteiger partial charge in [-0.1, -0.05) is 17.7 Å². The van der Waals surface area contributed by atoms with Crippen LogP contribution in [0.2, 0.25) is 5.02 Å². The van der Waals surface area contributed by atoms with Crippen LogP contribution in [0.3, 0.4) is 0 Å². The quantitative estimate of drug-likeness (QED) is 0.811. The average Bonchev–Trinajstić information content (AvgIpc) is 2.74. The third-order valence-electron chi connectivity index (χ3n) is 5.08. The highest BCUT2D eigenvalue weighted by atomic mass is 35.5. The van der Waals surface area contributed by atoms with E-state index < -0.39 is 0 Å². The summed E-state index contributed by atoms with van der Waals surface area (Å²) >= 11 is 6.09. The number of carbonyl (C=O) groups is 1. The summed E-state index contributed by atoms with van der Waals surface area (Å²) in [6, 6.07) is 11.7. The van der Waals surface area contributed by atoms with Crippen LogP contribution < -0.4 is 9.80 Å². The van der Waals surface area contributed by atoms with Gasteiger partial charge in [-0.25, -0.2) is 0 Å². The number of hydrogen-bond acceptors (Lipinski definition) is 5. The summed E-state index contributed by atoms with van der Waals surface area (Å²) < 4.78 is 5.40. The van der Waals surface area contributed by atoms with Gasteiger partial charge in [0.25, 0.3) is 5.91 Å². The van der Waals surface area contributed by atoms with Crippen LogP contribution in [-0.2, 0) is 4.74 Å². The van der Waals surface area contributed by atoms with Gasteiger partial charge >= 0.3 is 0 Å². The van der Waals surface area contributed by atoms with Crippen LogP contribution in [0.5, 0.6) is 0 Å². The van der Waals surface area contributed by atoms with Crippen LogP contribution in [0, 0.1) is 0 Å². The zero-order valence-corrected chi connectivity index (χ0v) is 15.9. The zero-order chi connectivity index (χ0) is 18.6. The Hall–Kier alpha value is -2.31. The number of morpholine rings is 1. The van der Waals surface area contributed by atoms with Crippen molar-refractivity contribution >= 4 is 28.9 Å². The summed E-state index contributed by atoms with van der Waals surface area (Å²) in [5.74, 6) is -0.00384. The number of halogens is 1. The molecule has 4 rings (SSSR count). The first kappa shape index (κ1) is 18.1. The van der Waals surface area contributed by atoms with E-state index in [-0.39, 0.29) is 5.91 Å². The first-order valence-electron chi connectivity index (χ1n) is 9.29. The fourth-order valence-electron chi connectivity index (χ4n) is 3.56. The fraction of sp³-hybridized carbons (Fsp3) is 0.400. The molecule has 1 amide bonds. The van der Waals surface area contributed by atoms with E-state index in [4.69, 9.17) is 16.3 Å². The smallest absolute Gasteiger partial charge is 0.272 e. The second-order valence-electron chi connectivity index (χ2n) is 6.76. The van der Waals surface area contributed by atoms with E-state index in [0.717, 1.165) is 55.8 Å². The Morgan fingerprint density at radius 3 is 2.37 bits per heavy atom. The summed E-state index contributed by atoms with van der Waals surface area (Å²) in [6.45, 7) is 6.05. The minimum absolute atomic E-state index is 0.00384. The molecule has 2 aliphatic rings. The SMILES string of the molecule is O=C(c1cc(N2CCOCC2)ccn1)N1CCN(c2cccc(Cl)c2)CC1. The van der Waals surface area contributed by atoms with Crippen LogP contribution >= 0.6 is 11.6 Å². The van der Waals surface area contributed by atoms with Crippen molar-refractivity contribution in [2.45, 2.75) is 0 Å². The normalized spacial score (nSPS) is 17.9. The van der Waals surface area contributed by atoms with E-state index in [1.54, 1.807) is 6.20 Å². The van der Waals surface area contributed by atoms with Gasteiger partial charge in [0.15, 0.2) is 0 Å². The van der Waals surface area contributed by atoms with E-state index in [0.29, 0.717) is 18.8 Å². The number of aromatic nitrogens is 1. The Labute approximate surface area is 164 Å². The number of nitrogens with zero attached hydrogens (tertiary/aromatic N) is 4. The maximum Gasteiger partial charge on any atom is 0.272 e. The molecule has 27 heavy (non-hydrogen) atoms. The van der Waals surface area contributed by atoms with Crippen molar-refractivity contribution in [3.05, 3.63) is 53.3 Å². The van der Waals surface area contributed by atoms with Gasteiger partial charge in [0.2, 0.25) is 0 Å². The number of benzene rings is 1. The molecule has 0 aliphatic carbocycles. The number of carbonyl (C=O) groups excluding carboxylic acids is 1. The molecular formula is C20H23ClN4O2. The minimum Gasteiger partial charge on any atom is -0.378 e. The van der Waals surface area contributed by atoms with Gasteiger partial charge < -0.3 is 19.4 Å². The molecule has 0 unspecified atom stereocenters. The Morgan fingerprint density at radius 1 is 0.926 bits per heavy atom. The molecule has 7 heteroatoms. The van der Waals surface area contributed by atoms with Crippen molar-refractivity contribution in [1.29, 1.82) is 0 Å². The van der Waals surface area contributed by atoms with Gasteiger partial charge in [-0.15, -0.1) is 0 Å². The monoisotopic (exact) mass is 386 g/mol. The fourth-order valence-corrected chi connectivity index (χ4v) is 3.74. The third-order valence-corrected chi connectivity index (χ3v) is 5.31. The summed E-state index contributed by atoms with van der Waals surface area (Å²) in [7, 11) is 0. The molecule has 6 nitrogen and oxygen atoms in total. The maximum absolute atomic E-state index is 12.9. The molecule has 0 bridgehead atoms.